The first kappa shape index (κ1) is 13.3. The van der Waals surface area contributed by atoms with Crippen molar-refractivity contribution in [1.82, 2.24) is 0 Å². The zero-order valence-electron chi connectivity index (χ0n) is 12.0. The van der Waals surface area contributed by atoms with Crippen LogP contribution in [0.5, 0.6) is 0 Å². The number of fused-ring (bicyclic) bond motifs is 1. The predicted octanol–water partition coefficient (Wildman–Crippen LogP) is 3.61. The molecule has 0 saturated carbocycles. The van der Waals surface area contributed by atoms with E-state index in [-0.39, 0.29) is 0 Å². The molecule has 3 rings (SSSR count). The maximum Gasteiger partial charge on any atom is 0.0830 e. The van der Waals surface area contributed by atoms with Gasteiger partial charge in [-0.1, -0.05) is 36.4 Å². The minimum Gasteiger partial charge on any atom is -0.388 e. The molecular weight excluding hydrogens is 248 g/mol. The Morgan fingerprint density at radius 3 is 2.50 bits per heavy atom. The summed E-state index contributed by atoms with van der Waals surface area (Å²) in [5, 5.41) is 10.5. The van der Waals surface area contributed by atoms with Crippen molar-refractivity contribution in [2.75, 3.05) is 0 Å². The molecule has 0 radical (unpaired) electrons. The minimum atomic E-state index is -0.458. The van der Waals surface area contributed by atoms with Crippen LogP contribution in [0.25, 0.3) is 0 Å². The van der Waals surface area contributed by atoms with Gasteiger partial charge < -0.3 is 9.84 Å². The van der Waals surface area contributed by atoms with Gasteiger partial charge in [0.2, 0.25) is 0 Å². The van der Waals surface area contributed by atoms with E-state index < -0.39 is 6.10 Å². The molecular formula is C18H20O2. The largest absolute Gasteiger partial charge is 0.388 e. The highest BCUT2D eigenvalue weighted by Crippen LogP contribution is 2.27. The van der Waals surface area contributed by atoms with Gasteiger partial charge in [-0.25, -0.2) is 0 Å². The van der Waals surface area contributed by atoms with E-state index in [9.17, 15) is 5.11 Å². The zero-order valence-corrected chi connectivity index (χ0v) is 12.0. The maximum atomic E-state index is 10.5. The normalized spacial score (nSPS) is 15.2. The van der Waals surface area contributed by atoms with E-state index in [4.69, 9.17) is 4.74 Å². The number of aryl methyl sites for hydroxylation is 2. The van der Waals surface area contributed by atoms with Crippen LogP contribution in [0.4, 0.5) is 0 Å². The third-order valence-corrected chi connectivity index (χ3v) is 4.17. The molecule has 0 aromatic heterocycles. The molecule has 1 unspecified atom stereocenters. The monoisotopic (exact) mass is 268 g/mol. The van der Waals surface area contributed by atoms with Crippen LogP contribution in [0.3, 0.4) is 0 Å². The van der Waals surface area contributed by atoms with Gasteiger partial charge in [-0.05, 0) is 47.2 Å². The lowest BCUT2D eigenvalue weighted by atomic mass is 9.93. The van der Waals surface area contributed by atoms with Gasteiger partial charge in [-0.3, -0.25) is 0 Å². The van der Waals surface area contributed by atoms with Crippen LogP contribution in [-0.2, 0) is 24.4 Å². The summed E-state index contributed by atoms with van der Waals surface area (Å²) in [6.45, 7) is 5.57. The van der Waals surface area contributed by atoms with Crippen molar-refractivity contribution in [1.29, 1.82) is 0 Å². The number of benzene rings is 2. The fraction of sp³-hybridized carbons (Fsp3) is 0.333. The average molecular weight is 268 g/mol. The molecule has 1 aliphatic heterocycles. The molecule has 2 heteroatoms. The van der Waals surface area contributed by atoms with Gasteiger partial charge in [0, 0.05) is 6.42 Å². The Kier molecular flexibility index (Phi) is 3.60. The first-order valence-electron chi connectivity index (χ1n) is 7.08. The van der Waals surface area contributed by atoms with E-state index in [1.807, 2.05) is 6.07 Å². The topological polar surface area (TPSA) is 29.5 Å². The molecule has 0 fully saturated rings. The molecule has 2 aromatic rings. The standard InChI is InChI=1S/C18H20O2/c1-12-4-3-5-13(2)17(12)9-18(19)14-6-7-15-10-20-11-16(15)8-14/h3-8,18-19H,9-11H2,1-2H3. The Labute approximate surface area is 120 Å². The quantitative estimate of drug-likeness (QED) is 0.921. The Hall–Kier alpha value is -1.64. The number of hydrogen-bond donors (Lipinski definition) is 1. The van der Waals surface area contributed by atoms with Crippen molar-refractivity contribution >= 4 is 0 Å². The summed E-state index contributed by atoms with van der Waals surface area (Å²) < 4.78 is 5.42. The number of hydrogen-bond acceptors (Lipinski definition) is 2. The highest BCUT2D eigenvalue weighted by atomic mass is 16.5. The van der Waals surface area contributed by atoms with E-state index in [1.54, 1.807) is 0 Å². The van der Waals surface area contributed by atoms with Crippen molar-refractivity contribution in [3.05, 3.63) is 69.8 Å². The van der Waals surface area contributed by atoms with Crippen molar-refractivity contribution in [3.63, 3.8) is 0 Å². The molecule has 1 heterocycles. The molecule has 2 aromatic carbocycles. The van der Waals surface area contributed by atoms with Gasteiger partial charge in [0.25, 0.3) is 0 Å². The fourth-order valence-electron chi connectivity index (χ4n) is 2.88. The second kappa shape index (κ2) is 5.39. The van der Waals surface area contributed by atoms with Crippen LogP contribution >= 0.6 is 0 Å². The molecule has 1 atom stereocenters. The third kappa shape index (κ3) is 2.49. The van der Waals surface area contributed by atoms with Gasteiger partial charge in [-0.15, -0.1) is 0 Å². The van der Waals surface area contributed by atoms with Crippen molar-refractivity contribution < 1.29 is 9.84 Å². The smallest absolute Gasteiger partial charge is 0.0830 e. The van der Waals surface area contributed by atoms with E-state index in [0.717, 1.165) is 5.56 Å². The molecule has 0 aliphatic carbocycles. The van der Waals surface area contributed by atoms with E-state index in [0.29, 0.717) is 19.6 Å². The summed E-state index contributed by atoms with van der Waals surface area (Å²) in [5.74, 6) is 0. The first-order chi connectivity index (χ1) is 9.65. The highest BCUT2D eigenvalue weighted by Gasteiger charge is 2.16. The predicted molar refractivity (Wildman–Crippen MR) is 79.5 cm³/mol. The van der Waals surface area contributed by atoms with E-state index >= 15 is 0 Å². The summed E-state index contributed by atoms with van der Waals surface area (Å²) >= 11 is 0. The van der Waals surface area contributed by atoms with Crippen LogP contribution in [0.1, 0.15) is 39.5 Å². The summed E-state index contributed by atoms with van der Waals surface area (Å²) in [4.78, 5) is 0. The summed E-state index contributed by atoms with van der Waals surface area (Å²) in [6.07, 6.45) is 0.207. The Morgan fingerprint density at radius 1 is 1.05 bits per heavy atom. The fourth-order valence-corrected chi connectivity index (χ4v) is 2.88. The maximum absolute atomic E-state index is 10.5. The average Bonchev–Trinajstić information content (AvgIpc) is 2.90. The number of ether oxygens (including phenoxy) is 1. The van der Waals surface area contributed by atoms with E-state index in [2.05, 4.69) is 44.2 Å². The van der Waals surface area contributed by atoms with Gasteiger partial charge in [-0.2, -0.15) is 0 Å². The lowest BCUT2D eigenvalue weighted by Crippen LogP contribution is -2.05. The molecule has 104 valence electrons. The third-order valence-electron chi connectivity index (χ3n) is 4.17. The van der Waals surface area contributed by atoms with Crippen LogP contribution in [0.2, 0.25) is 0 Å². The molecule has 2 nitrogen and oxygen atoms in total. The second-order valence-corrected chi connectivity index (χ2v) is 5.61. The van der Waals surface area contributed by atoms with Crippen molar-refractivity contribution in [2.45, 2.75) is 39.6 Å². The molecule has 0 bridgehead atoms. The van der Waals surface area contributed by atoms with Crippen LogP contribution in [-0.4, -0.2) is 5.11 Å². The number of aliphatic hydroxyl groups is 1. The van der Waals surface area contributed by atoms with Gasteiger partial charge >= 0.3 is 0 Å². The zero-order chi connectivity index (χ0) is 14.1. The summed E-state index contributed by atoms with van der Waals surface area (Å²) in [6, 6.07) is 12.4. The molecule has 1 N–H and O–H groups in total. The Morgan fingerprint density at radius 2 is 1.75 bits per heavy atom. The van der Waals surface area contributed by atoms with Crippen LogP contribution < -0.4 is 0 Å². The lowest BCUT2D eigenvalue weighted by molar-refractivity contribution is 0.134. The van der Waals surface area contributed by atoms with Crippen LogP contribution in [0, 0.1) is 13.8 Å². The van der Waals surface area contributed by atoms with Gasteiger partial charge in [0.15, 0.2) is 0 Å². The molecule has 0 spiro atoms. The van der Waals surface area contributed by atoms with Gasteiger partial charge in [0.05, 0.1) is 19.3 Å². The molecule has 1 aliphatic rings. The number of rotatable bonds is 3. The summed E-state index contributed by atoms with van der Waals surface area (Å²) in [5.41, 5.74) is 7.17. The van der Waals surface area contributed by atoms with Crippen LogP contribution in [0.15, 0.2) is 36.4 Å². The van der Waals surface area contributed by atoms with E-state index in [1.165, 1.54) is 27.8 Å². The second-order valence-electron chi connectivity index (χ2n) is 5.61. The SMILES string of the molecule is Cc1cccc(C)c1CC(O)c1ccc2c(c1)COC2. The highest BCUT2D eigenvalue weighted by molar-refractivity contribution is 5.37. The minimum absolute atomic E-state index is 0.458. The summed E-state index contributed by atoms with van der Waals surface area (Å²) in [7, 11) is 0. The van der Waals surface area contributed by atoms with Crippen molar-refractivity contribution in [3.8, 4) is 0 Å². The molecule has 0 saturated heterocycles. The molecule has 0 amide bonds. The van der Waals surface area contributed by atoms with Crippen molar-refractivity contribution in [2.24, 2.45) is 0 Å². The number of aliphatic hydroxyl groups excluding tert-OH is 1. The molecule has 20 heavy (non-hydrogen) atoms. The Balaban J connectivity index is 1.84. The Bertz CT molecular complexity index is 611. The lowest BCUT2D eigenvalue weighted by Gasteiger charge is -2.16. The first-order valence-corrected chi connectivity index (χ1v) is 7.08. The van der Waals surface area contributed by atoms with Gasteiger partial charge in [0.1, 0.15) is 0 Å².